The second-order valence-corrected chi connectivity index (χ2v) is 8.29. The summed E-state index contributed by atoms with van der Waals surface area (Å²) >= 11 is 0. The van der Waals surface area contributed by atoms with Crippen LogP contribution in [0.3, 0.4) is 0 Å². The van der Waals surface area contributed by atoms with Gasteiger partial charge in [-0.3, -0.25) is 9.46 Å². The molecule has 1 saturated heterocycles. The summed E-state index contributed by atoms with van der Waals surface area (Å²) in [5.74, 6) is 0. The molecule has 5 nitrogen and oxygen atoms in total. The Morgan fingerprint density at radius 3 is 2.33 bits per heavy atom. The molecule has 0 amide bonds. The van der Waals surface area contributed by atoms with Gasteiger partial charge in [0.1, 0.15) is 0 Å². The van der Waals surface area contributed by atoms with Crippen molar-refractivity contribution in [3.05, 3.63) is 35.9 Å². The van der Waals surface area contributed by atoms with E-state index in [4.69, 9.17) is 9.05 Å². The zero-order chi connectivity index (χ0) is 17.3. The highest BCUT2D eigenvalue weighted by molar-refractivity contribution is 7.53. The third-order valence-corrected chi connectivity index (χ3v) is 6.42. The molecule has 1 N–H and O–H groups in total. The van der Waals surface area contributed by atoms with Gasteiger partial charge in [0, 0.05) is 19.1 Å². The largest absolute Gasteiger partial charge is 0.331 e. The summed E-state index contributed by atoms with van der Waals surface area (Å²) in [4.78, 5) is 2.45. The zero-order valence-electron chi connectivity index (χ0n) is 14.9. The lowest BCUT2D eigenvalue weighted by Crippen LogP contribution is -2.44. The van der Waals surface area contributed by atoms with Crippen LogP contribution in [0, 0.1) is 0 Å². The third kappa shape index (κ3) is 6.30. The van der Waals surface area contributed by atoms with Crippen molar-refractivity contribution < 1.29 is 13.6 Å². The van der Waals surface area contributed by atoms with Crippen LogP contribution in [0.2, 0.25) is 0 Å². The highest BCUT2D eigenvalue weighted by Crippen LogP contribution is 2.47. The van der Waals surface area contributed by atoms with Crippen LogP contribution in [0.15, 0.2) is 30.3 Å². The van der Waals surface area contributed by atoms with E-state index in [-0.39, 0.29) is 0 Å². The number of benzene rings is 1. The Morgan fingerprint density at radius 2 is 1.75 bits per heavy atom. The molecular formula is C18H31N2O3P. The molecule has 0 aromatic heterocycles. The lowest BCUT2D eigenvalue weighted by Gasteiger charge is -2.35. The Balaban J connectivity index is 2.02. The van der Waals surface area contributed by atoms with Crippen molar-refractivity contribution in [3.8, 4) is 0 Å². The van der Waals surface area contributed by atoms with Crippen LogP contribution in [0.4, 0.5) is 0 Å². The summed E-state index contributed by atoms with van der Waals surface area (Å²) < 4.78 is 23.7. The van der Waals surface area contributed by atoms with Gasteiger partial charge in [0.05, 0.1) is 19.4 Å². The second kappa shape index (κ2) is 10.3. The van der Waals surface area contributed by atoms with Crippen molar-refractivity contribution in [1.82, 2.24) is 10.2 Å². The maximum Gasteiger partial charge on any atom is 0.331 e. The van der Waals surface area contributed by atoms with Crippen molar-refractivity contribution in [2.75, 3.05) is 39.0 Å². The van der Waals surface area contributed by atoms with Crippen molar-refractivity contribution in [2.45, 2.75) is 39.3 Å². The summed E-state index contributed by atoms with van der Waals surface area (Å²) in [7, 11) is -2.99. The molecule has 2 rings (SSSR count). The summed E-state index contributed by atoms with van der Waals surface area (Å²) in [5.41, 5.74) is 1.29. The van der Waals surface area contributed by atoms with Crippen LogP contribution in [0.5, 0.6) is 0 Å². The van der Waals surface area contributed by atoms with Crippen molar-refractivity contribution in [2.24, 2.45) is 0 Å². The Kier molecular flexibility index (Phi) is 8.43. The Labute approximate surface area is 146 Å². The monoisotopic (exact) mass is 354 g/mol. The Morgan fingerprint density at radius 1 is 1.12 bits per heavy atom. The average molecular weight is 354 g/mol. The quantitative estimate of drug-likeness (QED) is 0.652. The van der Waals surface area contributed by atoms with Crippen LogP contribution in [0.25, 0.3) is 0 Å². The molecule has 0 spiro atoms. The maximum absolute atomic E-state index is 12.8. The molecule has 0 saturated carbocycles. The van der Waals surface area contributed by atoms with Gasteiger partial charge in [0.15, 0.2) is 0 Å². The SMILES string of the molecule is CCOP(=O)(CCN(Cc1ccccc1)C1CCNCC1)OCC. The minimum absolute atomic E-state index is 0.420. The number of hydrogen-bond acceptors (Lipinski definition) is 5. The van der Waals surface area contributed by atoms with Crippen molar-refractivity contribution in [3.63, 3.8) is 0 Å². The fraction of sp³-hybridized carbons (Fsp3) is 0.667. The summed E-state index contributed by atoms with van der Waals surface area (Å²) in [6.07, 6.45) is 2.70. The van der Waals surface area contributed by atoms with Gasteiger partial charge in [0.25, 0.3) is 0 Å². The third-order valence-electron chi connectivity index (χ3n) is 4.37. The van der Waals surface area contributed by atoms with Crippen LogP contribution < -0.4 is 5.32 Å². The van der Waals surface area contributed by atoms with E-state index in [9.17, 15) is 4.57 Å². The van der Waals surface area contributed by atoms with E-state index in [1.165, 1.54) is 5.56 Å². The Hall–Kier alpha value is -0.710. The molecule has 1 aromatic carbocycles. The van der Waals surface area contributed by atoms with Gasteiger partial charge in [-0.15, -0.1) is 0 Å². The fourth-order valence-corrected chi connectivity index (χ4v) is 4.81. The van der Waals surface area contributed by atoms with Gasteiger partial charge < -0.3 is 14.4 Å². The summed E-state index contributed by atoms with van der Waals surface area (Å²) in [6.45, 7) is 8.27. The van der Waals surface area contributed by atoms with E-state index in [1.807, 2.05) is 19.9 Å². The second-order valence-electron chi connectivity index (χ2n) is 6.11. The minimum Gasteiger partial charge on any atom is -0.317 e. The first-order chi connectivity index (χ1) is 11.7. The van der Waals surface area contributed by atoms with E-state index < -0.39 is 7.60 Å². The van der Waals surface area contributed by atoms with Crippen LogP contribution >= 0.6 is 7.60 Å². The smallest absolute Gasteiger partial charge is 0.317 e. The predicted octanol–water partition coefficient (Wildman–Crippen LogP) is 3.51. The van der Waals surface area contributed by atoms with E-state index in [2.05, 4.69) is 34.5 Å². The zero-order valence-corrected chi connectivity index (χ0v) is 15.8. The van der Waals surface area contributed by atoms with Gasteiger partial charge >= 0.3 is 7.60 Å². The van der Waals surface area contributed by atoms with Gasteiger partial charge in [-0.25, -0.2) is 0 Å². The highest BCUT2D eigenvalue weighted by Gasteiger charge is 2.27. The van der Waals surface area contributed by atoms with Gasteiger partial charge in [0.2, 0.25) is 0 Å². The first-order valence-electron chi connectivity index (χ1n) is 9.03. The van der Waals surface area contributed by atoms with Crippen LogP contribution in [0.1, 0.15) is 32.3 Å². The number of hydrogen-bond donors (Lipinski definition) is 1. The number of nitrogens with one attached hydrogen (secondary N) is 1. The highest BCUT2D eigenvalue weighted by atomic mass is 31.2. The maximum atomic E-state index is 12.8. The number of nitrogens with zero attached hydrogens (tertiary/aromatic N) is 1. The first kappa shape index (κ1) is 19.6. The summed E-state index contributed by atoms with van der Waals surface area (Å²) in [5, 5.41) is 3.42. The van der Waals surface area contributed by atoms with E-state index in [0.717, 1.165) is 39.0 Å². The topological polar surface area (TPSA) is 50.8 Å². The first-order valence-corrected chi connectivity index (χ1v) is 10.8. The Bertz CT molecular complexity index is 496. The summed E-state index contributed by atoms with van der Waals surface area (Å²) in [6, 6.07) is 11.0. The van der Waals surface area contributed by atoms with Gasteiger partial charge in [-0.1, -0.05) is 30.3 Å². The fourth-order valence-electron chi connectivity index (χ4n) is 3.19. The molecule has 6 heteroatoms. The van der Waals surface area contributed by atoms with Gasteiger partial charge in [-0.05, 0) is 45.3 Å². The lowest BCUT2D eigenvalue weighted by molar-refractivity contribution is 0.155. The molecule has 0 bridgehead atoms. The number of piperidine rings is 1. The lowest BCUT2D eigenvalue weighted by atomic mass is 10.0. The molecule has 1 aliphatic heterocycles. The molecule has 0 aliphatic carbocycles. The van der Waals surface area contributed by atoms with Gasteiger partial charge in [-0.2, -0.15) is 0 Å². The van der Waals surface area contributed by atoms with E-state index >= 15 is 0 Å². The molecule has 1 fully saturated rings. The molecule has 136 valence electrons. The molecule has 24 heavy (non-hydrogen) atoms. The molecule has 1 aromatic rings. The van der Waals surface area contributed by atoms with Crippen LogP contribution in [-0.2, 0) is 20.2 Å². The molecular weight excluding hydrogens is 323 g/mol. The van der Waals surface area contributed by atoms with E-state index in [0.29, 0.717) is 25.4 Å². The molecule has 1 heterocycles. The standard InChI is InChI=1S/C18H31N2O3P/c1-3-22-24(21,23-4-2)15-14-20(18-10-12-19-13-11-18)16-17-8-6-5-7-9-17/h5-9,18-19H,3-4,10-16H2,1-2H3. The normalized spacial score (nSPS) is 16.6. The van der Waals surface area contributed by atoms with Crippen molar-refractivity contribution in [1.29, 1.82) is 0 Å². The minimum atomic E-state index is -2.99. The van der Waals surface area contributed by atoms with Crippen LogP contribution in [-0.4, -0.2) is 50.0 Å². The average Bonchev–Trinajstić information content (AvgIpc) is 2.61. The molecule has 1 aliphatic rings. The molecule has 0 atom stereocenters. The predicted molar refractivity (Wildman–Crippen MR) is 98.5 cm³/mol. The number of rotatable bonds is 10. The van der Waals surface area contributed by atoms with E-state index in [1.54, 1.807) is 0 Å². The molecule has 0 radical (unpaired) electrons. The van der Waals surface area contributed by atoms with Crippen molar-refractivity contribution >= 4 is 7.60 Å². The molecule has 0 unspecified atom stereocenters.